The maximum absolute atomic E-state index is 12.6. The molecule has 8 nitrogen and oxygen atoms in total. The van der Waals surface area contributed by atoms with Crippen LogP contribution in [0.25, 0.3) is 0 Å². The predicted octanol–water partition coefficient (Wildman–Crippen LogP) is 3.84. The van der Waals surface area contributed by atoms with Crippen LogP contribution in [0.2, 0.25) is 0 Å². The van der Waals surface area contributed by atoms with Crippen LogP contribution in [0.4, 0.5) is 11.4 Å². The zero-order chi connectivity index (χ0) is 23.7. The predicted molar refractivity (Wildman–Crippen MR) is 125 cm³/mol. The number of nitrogens with zero attached hydrogens (tertiary/aromatic N) is 1. The summed E-state index contributed by atoms with van der Waals surface area (Å²) >= 11 is 0. The number of carbonyl (C=O) groups excluding carboxylic acids is 2. The van der Waals surface area contributed by atoms with Crippen molar-refractivity contribution in [2.75, 3.05) is 29.5 Å². The number of esters is 1. The number of hydrogen-bond acceptors (Lipinski definition) is 6. The molecule has 2 aromatic rings. The third-order valence-corrected chi connectivity index (χ3v) is 5.96. The molecule has 0 radical (unpaired) electrons. The molecule has 0 saturated heterocycles. The Morgan fingerprint density at radius 2 is 1.66 bits per heavy atom. The zero-order valence-corrected chi connectivity index (χ0v) is 19.6. The molecule has 0 aliphatic heterocycles. The van der Waals surface area contributed by atoms with Crippen LogP contribution in [0.5, 0.6) is 5.75 Å². The Labute approximate surface area is 189 Å². The van der Waals surface area contributed by atoms with Crippen molar-refractivity contribution in [3.05, 3.63) is 54.1 Å². The van der Waals surface area contributed by atoms with Crippen LogP contribution in [-0.2, 0) is 19.6 Å². The van der Waals surface area contributed by atoms with Crippen molar-refractivity contribution in [3.8, 4) is 5.75 Å². The van der Waals surface area contributed by atoms with Crippen LogP contribution in [0.3, 0.4) is 0 Å². The lowest BCUT2D eigenvalue weighted by molar-refractivity contribution is -0.122. The summed E-state index contributed by atoms with van der Waals surface area (Å²) in [4.78, 5) is 24.6. The van der Waals surface area contributed by atoms with Crippen LogP contribution in [0, 0.1) is 0 Å². The first kappa shape index (κ1) is 25.2. The number of ether oxygens (including phenoxy) is 2. The smallest absolute Gasteiger partial charge is 0.338 e. The van der Waals surface area contributed by atoms with E-state index in [1.165, 1.54) is 7.05 Å². The molecule has 0 aliphatic carbocycles. The van der Waals surface area contributed by atoms with E-state index in [1.807, 2.05) is 13.8 Å². The molecular weight excluding hydrogens is 432 g/mol. The fourth-order valence-corrected chi connectivity index (χ4v) is 3.22. The van der Waals surface area contributed by atoms with Crippen molar-refractivity contribution >= 4 is 33.3 Å². The van der Waals surface area contributed by atoms with Crippen molar-refractivity contribution in [1.29, 1.82) is 0 Å². The van der Waals surface area contributed by atoms with Gasteiger partial charge in [-0.05, 0) is 61.4 Å². The third-order valence-electron chi connectivity index (χ3n) is 4.76. The number of sulfonamides is 1. The minimum atomic E-state index is -3.36. The average Bonchev–Trinajstić information content (AvgIpc) is 2.77. The minimum absolute atomic E-state index is 0.330. The van der Waals surface area contributed by atoms with Crippen molar-refractivity contribution < 1.29 is 27.5 Å². The zero-order valence-electron chi connectivity index (χ0n) is 18.8. The van der Waals surface area contributed by atoms with Crippen LogP contribution in [0.1, 0.15) is 43.5 Å². The molecule has 2 aromatic carbocycles. The summed E-state index contributed by atoms with van der Waals surface area (Å²) in [6.07, 6.45) is 2.57. The van der Waals surface area contributed by atoms with Crippen LogP contribution in [-0.4, -0.2) is 46.3 Å². The summed E-state index contributed by atoms with van der Waals surface area (Å²) in [6, 6.07) is 12.9. The van der Waals surface area contributed by atoms with Gasteiger partial charge < -0.3 is 14.8 Å². The standard InChI is InChI=1S/C23H30N2O6S/c1-5-7-16-30-23(27)17-8-10-18(11-9-17)24-22(26)21(6-2)31-20-14-12-19(13-15-20)25(3)32(4,28)29/h8-15,21H,5-7,16H2,1-4H3,(H,24,26)/t21-/m0/s1. The molecular formula is C23H30N2O6S. The Hall–Kier alpha value is -3.07. The Balaban J connectivity index is 1.97. The van der Waals surface area contributed by atoms with Gasteiger partial charge in [0.1, 0.15) is 5.75 Å². The maximum Gasteiger partial charge on any atom is 0.338 e. The highest BCUT2D eigenvalue weighted by molar-refractivity contribution is 7.92. The topological polar surface area (TPSA) is 102 Å². The van der Waals surface area contributed by atoms with Gasteiger partial charge in [-0.15, -0.1) is 0 Å². The van der Waals surface area contributed by atoms with Crippen molar-refractivity contribution in [1.82, 2.24) is 0 Å². The van der Waals surface area contributed by atoms with Crippen LogP contribution in [0.15, 0.2) is 48.5 Å². The van der Waals surface area contributed by atoms with E-state index in [0.29, 0.717) is 35.7 Å². The summed E-state index contributed by atoms with van der Waals surface area (Å²) in [6.45, 7) is 4.23. The van der Waals surface area contributed by atoms with Crippen LogP contribution >= 0.6 is 0 Å². The maximum atomic E-state index is 12.6. The van der Waals surface area contributed by atoms with Gasteiger partial charge in [-0.2, -0.15) is 0 Å². The number of benzene rings is 2. The first-order valence-electron chi connectivity index (χ1n) is 10.4. The monoisotopic (exact) mass is 462 g/mol. The Kier molecular flexibility index (Phi) is 9.07. The van der Waals surface area contributed by atoms with E-state index in [9.17, 15) is 18.0 Å². The molecule has 0 aromatic heterocycles. The number of rotatable bonds is 11. The lowest BCUT2D eigenvalue weighted by Gasteiger charge is -2.19. The van der Waals surface area contributed by atoms with Crippen LogP contribution < -0.4 is 14.4 Å². The highest BCUT2D eigenvalue weighted by atomic mass is 32.2. The third kappa shape index (κ3) is 7.26. The molecule has 1 atom stereocenters. The molecule has 0 fully saturated rings. The Bertz CT molecular complexity index is 1000. The second kappa shape index (κ2) is 11.5. The normalized spacial score (nSPS) is 12.0. The second-order valence-corrected chi connectivity index (χ2v) is 9.31. The fraction of sp³-hybridized carbons (Fsp3) is 0.391. The SMILES string of the molecule is CCCCOC(=O)c1ccc(NC(=O)[C@H](CC)Oc2ccc(N(C)S(C)(=O)=O)cc2)cc1. The quantitative estimate of drug-likeness (QED) is 0.402. The van der Waals surface area contributed by atoms with Gasteiger partial charge in [0.25, 0.3) is 5.91 Å². The lowest BCUT2D eigenvalue weighted by Crippen LogP contribution is -2.32. The van der Waals surface area contributed by atoms with Gasteiger partial charge in [0, 0.05) is 12.7 Å². The van der Waals surface area contributed by atoms with Gasteiger partial charge in [-0.1, -0.05) is 20.3 Å². The molecule has 32 heavy (non-hydrogen) atoms. The van der Waals surface area contributed by atoms with Gasteiger partial charge in [-0.25, -0.2) is 13.2 Å². The van der Waals surface area contributed by atoms with E-state index in [1.54, 1.807) is 48.5 Å². The molecule has 0 saturated carbocycles. The van der Waals surface area contributed by atoms with E-state index in [4.69, 9.17) is 9.47 Å². The molecule has 9 heteroatoms. The first-order chi connectivity index (χ1) is 15.2. The van der Waals surface area contributed by atoms with Crippen molar-refractivity contribution in [2.45, 2.75) is 39.2 Å². The van der Waals surface area contributed by atoms with E-state index in [2.05, 4.69) is 5.32 Å². The molecule has 174 valence electrons. The van der Waals surface area contributed by atoms with Gasteiger partial charge in [-0.3, -0.25) is 9.10 Å². The van der Waals surface area contributed by atoms with E-state index in [0.717, 1.165) is 23.4 Å². The second-order valence-electron chi connectivity index (χ2n) is 7.30. The molecule has 0 aliphatic rings. The van der Waals surface area contributed by atoms with Crippen molar-refractivity contribution in [3.63, 3.8) is 0 Å². The van der Waals surface area contributed by atoms with Gasteiger partial charge in [0.2, 0.25) is 10.0 Å². The number of anilines is 2. The first-order valence-corrected chi connectivity index (χ1v) is 12.3. The summed E-state index contributed by atoms with van der Waals surface area (Å²) in [5.41, 5.74) is 1.44. The lowest BCUT2D eigenvalue weighted by atomic mass is 10.2. The number of carbonyl (C=O) groups is 2. The Morgan fingerprint density at radius 1 is 1.03 bits per heavy atom. The average molecular weight is 463 g/mol. The fourth-order valence-electron chi connectivity index (χ4n) is 2.72. The largest absolute Gasteiger partial charge is 0.481 e. The Morgan fingerprint density at radius 3 is 2.19 bits per heavy atom. The van der Waals surface area contributed by atoms with Gasteiger partial charge in [0.15, 0.2) is 6.10 Å². The summed E-state index contributed by atoms with van der Waals surface area (Å²) in [7, 11) is -1.90. The highest BCUT2D eigenvalue weighted by Crippen LogP contribution is 2.22. The molecule has 1 amide bonds. The summed E-state index contributed by atoms with van der Waals surface area (Å²) < 4.78 is 35.4. The van der Waals surface area contributed by atoms with E-state index >= 15 is 0 Å². The number of amides is 1. The highest BCUT2D eigenvalue weighted by Gasteiger charge is 2.19. The molecule has 1 N–H and O–H groups in total. The number of nitrogens with one attached hydrogen (secondary N) is 1. The number of unbranched alkanes of at least 4 members (excludes halogenated alkanes) is 1. The van der Waals surface area contributed by atoms with E-state index < -0.39 is 22.1 Å². The molecule has 0 heterocycles. The van der Waals surface area contributed by atoms with E-state index in [-0.39, 0.29) is 5.91 Å². The van der Waals surface area contributed by atoms with Crippen molar-refractivity contribution in [2.24, 2.45) is 0 Å². The summed E-state index contributed by atoms with van der Waals surface area (Å²) in [5.74, 6) is -0.276. The molecule has 0 spiro atoms. The molecule has 0 bridgehead atoms. The van der Waals surface area contributed by atoms with Gasteiger partial charge >= 0.3 is 5.97 Å². The summed E-state index contributed by atoms with van der Waals surface area (Å²) in [5, 5.41) is 2.78. The number of hydrogen-bond donors (Lipinski definition) is 1. The molecule has 0 unspecified atom stereocenters. The minimum Gasteiger partial charge on any atom is -0.481 e. The molecule has 2 rings (SSSR count). The van der Waals surface area contributed by atoms with Gasteiger partial charge in [0.05, 0.1) is 24.1 Å².